The third-order valence-electron chi connectivity index (χ3n) is 4.08. The minimum Gasteiger partial charge on any atom is -0.448 e. The summed E-state index contributed by atoms with van der Waals surface area (Å²) in [6, 6.07) is 13.3. The Morgan fingerprint density at radius 3 is 2.52 bits per heavy atom. The number of hydrogen-bond donors (Lipinski definition) is 3. The number of H-pyrrole nitrogens is 2. The molecule has 0 bridgehead atoms. The van der Waals surface area contributed by atoms with E-state index in [-0.39, 0.29) is 12.4 Å². The average molecular weight is 362 g/mol. The van der Waals surface area contributed by atoms with Crippen LogP contribution in [0.25, 0.3) is 22.1 Å². The molecule has 0 aliphatic carbocycles. The zero-order chi connectivity index (χ0) is 18.8. The van der Waals surface area contributed by atoms with E-state index >= 15 is 0 Å². The Kier molecular flexibility index (Phi) is 4.29. The van der Waals surface area contributed by atoms with E-state index < -0.39 is 6.09 Å². The van der Waals surface area contributed by atoms with Crippen LogP contribution in [-0.4, -0.2) is 38.5 Å². The predicted octanol–water partition coefficient (Wildman–Crippen LogP) is 2.89. The molecule has 2 aromatic heterocycles. The van der Waals surface area contributed by atoms with E-state index in [1.54, 1.807) is 13.0 Å². The number of ether oxygens (including phenoxy) is 1. The first-order valence-electron chi connectivity index (χ1n) is 8.56. The number of hydrogen-bond acceptors (Lipinski definition) is 4. The van der Waals surface area contributed by atoms with Crippen molar-refractivity contribution >= 4 is 34.0 Å². The third kappa shape index (κ3) is 3.50. The Labute approximate surface area is 154 Å². The van der Waals surface area contributed by atoms with Crippen LogP contribution >= 0.6 is 0 Å². The van der Waals surface area contributed by atoms with Crippen LogP contribution < -0.4 is 5.73 Å². The molecule has 2 heterocycles. The summed E-state index contributed by atoms with van der Waals surface area (Å²) in [6.45, 7) is 1.96. The van der Waals surface area contributed by atoms with Crippen LogP contribution in [0.4, 0.5) is 4.79 Å². The number of benzene rings is 2. The summed E-state index contributed by atoms with van der Waals surface area (Å²) < 4.78 is 4.78. The lowest BCUT2D eigenvalue weighted by molar-refractivity contribution is 0.163. The highest BCUT2D eigenvalue weighted by molar-refractivity contribution is 6.04. The van der Waals surface area contributed by atoms with Crippen molar-refractivity contribution in [3.05, 3.63) is 59.7 Å². The molecule has 1 amide bonds. The fourth-order valence-electron chi connectivity index (χ4n) is 2.87. The van der Waals surface area contributed by atoms with Crippen molar-refractivity contribution in [2.45, 2.75) is 13.3 Å². The molecular formula is C19H18N6O2. The average Bonchev–Trinajstić information content (AvgIpc) is 3.23. The second-order valence-electron chi connectivity index (χ2n) is 5.99. The van der Waals surface area contributed by atoms with Crippen LogP contribution in [0, 0.1) is 0 Å². The highest BCUT2D eigenvalue weighted by Gasteiger charge is 2.10. The number of aliphatic imine (C=N–C) groups is 1. The lowest BCUT2D eigenvalue weighted by Gasteiger charge is -2.00. The molecule has 8 heteroatoms. The number of nitrogens with zero attached hydrogens (tertiary/aromatic N) is 3. The van der Waals surface area contributed by atoms with Crippen molar-refractivity contribution < 1.29 is 9.53 Å². The molecule has 0 atom stereocenters. The van der Waals surface area contributed by atoms with Crippen molar-refractivity contribution in [1.82, 2.24) is 19.9 Å². The maximum absolute atomic E-state index is 11.5. The molecule has 0 spiro atoms. The fraction of sp³-hybridized carbons (Fsp3) is 0.158. The molecule has 0 radical (unpaired) electrons. The Bertz CT molecular complexity index is 1120. The molecule has 0 aliphatic rings. The number of imidazole rings is 2. The zero-order valence-electron chi connectivity index (χ0n) is 14.7. The van der Waals surface area contributed by atoms with Gasteiger partial charge in [0.15, 0.2) is 0 Å². The number of para-hydroxylation sites is 2. The monoisotopic (exact) mass is 362 g/mol. The number of aromatic amines is 2. The summed E-state index contributed by atoms with van der Waals surface area (Å²) in [4.78, 5) is 30.9. The Hall–Kier alpha value is -3.68. The number of carbonyl (C=O) groups is 1. The van der Waals surface area contributed by atoms with Gasteiger partial charge < -0.3 is 20.4 Å². The first-order valence-corrected chi connectivity index (χ1v) is 8.56. The molecule has 4 N–H and O–H groups in total. The molecule has 27 heavy (non-hydrogen) atoms. The van der Waals surface area contributed by atoms with E-state index in [9.17, 15) is 4.79 Å². The summed E-state index contributed by atoms with van der Waals surface area (Å²) in [5, 5.41) is 0. The predicted molar refractivity (Wildman–Crippen MR) is 103 cm³/mol. The third-order valence-corrected chi connectivity index (χ3v) is 4.08. The molecule has 136 valence electrons. The number of carbonyl (C=O) groups excluding carboxylic acids is 1. The van der Waals surface area contributed by atoms with Crippen LogP contribution in [-0.2, 0) is 11.2 Å². The maximum atomic E-state index is 11.5. The van der Waals surface area contributed by atoms with E-state index in [4.69, 9.17) is 10.5 Å². The van der Waals surface area contributed by atoms with Crippen LogP contribution in [0.15, 0.2) is 47.5 Å². The maximum Gasteiger partial charge on any atom is 0.435 e. The van der Waals surface area contributed by atoms with Crippen LogP contribution in [0.1, 0.15) is 24.1 Å². The summed E-state index contributed by atoms with van der Waals surface area (Å²) in [6.07, 6.45) is -0.157. The van der Waals surface area contributed by atoms with Gasteiger partial charge in [-0.3, -0.25) is 0 Å². The molecule has 0 saturated carbocycles. The number of amides is 1. The van der Waals surface area contributed by atoms with E-state index in [1.165, 1.54) is 0 Å². The Morgan fingerprint density at radius 1 is 1.07 bits per heavy atom. The molecule has 0 aliphatic heterocycles. The molecular weight excluding hydrogens is 344 g/mol. The molecule has 4 aromatic rings. The number of nitrogens with one attached hydrogen (secondary N) is 2. The Balaban J connectivity index is 1.59. The van der Waals surface area contributed by atoms with Gasteiger partial charge in [0.2, 0.25) is 0 Å². The van der Waals surface area contributed by atoms with Crippen molar-refractivity contribution in [3.63, 3.8) is 0 Å². The number of aromatic nitrogens is 4. The highest BCUT2D eigenvalue weighted by Crippen LogP contribution is 2.17. The topological polar surface area (TPSA) is 122 Å². The van der Waals surface area contributed by atoms with Gasteiger partial charge in [-0.2, -0.15) is 4.99 Å². The number of rotatable bonds is 4. The largest absolute Gasteiger partial charge is 0.448 e. The first kappa shape index (κ1) is 16.8. The number of amidine groups is 1. The SMILES string of the molecule is CCOC(=O)/N=C(\N)c1ccc2nc(Cc3nc4ccccc4[nH]3)[nH]c2c1. The zero-order valence-corrected chi connectivity index (χ0v) is 14.7. The molecule has 8 nitrogen and oxygen atoms in total. The lowest BCUT2D eigenvalue weighted by atomic mass is 10.2. The van der Waals surface area contributed by atoms with Crippen molar-refractivity contribution in [1.29, 1.82) is 0 Å². The van der Waals surface area contributed by atoms with E-state index in [0.717, 1.165) is 33.7 Å². The van der Waals surface area contributed by atoms with Crippen molar-refractivity contribution in [2.24, 2.45) is 10.7 Å². The van der Waals surface area contributed by atoms with Gasteiger partial charge in [0.1, 0.15) is 17.5 Å². The molecule has 0 saturated heterocycles. The van der Waals surface area contributed by atoms with Crippen LogP contribution in [0.5, 0.6) is 0 Å². The Morgan fingerprint density at radius 2 is 1.78 bits per heavy atom. The minimum atomic E-state index is -0.703. The van der Waals surface area contributed by atoms with Crippen molar-refractivity contribution in [3.8, 4) is 0 Å². The molecule has 2 aromatic carbocycles. The summed E-state index contributed by atoms with van der Waals surface area (Å²) in [5.74, 6) is 1.71. The number of fused-ring (bicyclic) bond motifs is 2. The van der Waals surface area contributed by atoms with Gasteiger partial charge in [0.05, 0.1) is 35.1 Å². The summed E-state index contributed by atoms with van der Waals surface area (Å²) >= 11 is 0. The van der Waals surface area contributed by atoms with E-state index in [1.807, 2.05) is 36.4 Å². The van der Waals surface area contributed by atoms with Gasteiger partial charge in [-0.05, 0) is 37.3 Å². The highest BCUT2D eigenvalue weighted by atomic mass is 16.5. The van der Waals surface area contributed by atoms with Gasteiger partial charge in [-0.1, -0.05) is 12.1 Å². The van der Waals surface area contributed by atoms with Crippen molar-refractivity contribution in [2.75, 3.05) is 6.61 Å². The van der Waals surface area contributed by atoms with Gasteiger partial charge in [0.25, 0.3) is 0 Å². The van der Waals surface area contributed by atoms with Crippen LogP contribution in [0.2, 0.25) is 0 Å². The lowest BCUT2D eigenvalue weighted by Crippen LogP contribution is -2.16. The molecule has 0 unspecified atom stereocenters. The quantitative estimate of drug-likeness (QED) is 0.380. The summed E-state index contributed by atoms with van der Waals surface area (Å²) in [5.41, 5.74) is 10.0. The molecule has 4 rings (SSSR count). The standard InChI is InChI=1S/C19H18N6O2/c1-2-27-19(26)25-18(20)11-7-8-14-15(9-11)24-17(23-14)10-16-21-12-5-3-4-6-13(12)22-16/h3-9H,2,10H2,1H3,(H,21,22)(H,23,24)(H2,20,25,26). The van der Waals surface area contributed by atoms with Crippen LogP contribution in [0.3, 0.4) is 0 Å². The normalized spacial score (nSPS) is 12.0. The van der Waals surface area contributed by atoms with Gasteiger partial charge in [-0.25, -0.2) is 14.8 Å². The van der Waals surface area contributed by atoms with E-state index in [2.05, 4.69) is 24.9 Å². The van der Waals surface area contributed by atoms with Gasteiger partial charge in [0, 0.05) is 5.56 Å². The first-order chi connectivity index (χ1) is 13.1. The molecule has 0 fully saturated rings. The second kappa shape index (κ2) is 6.91. The smallest absolute Gasteiger partial charge is 0.435 e. The fourth-order valence-corrected chi connectivity index (χ4v) is 2.87. The van der Waals surface area contributed by atoms with Gasteiger partial charge in [-0.15, -0.1) is 0 Å². The minimum absolute atomic E-state index is 0.101. The van der Waals surface area contributed by atoms with Gasteiger partial charge >= 0.3 is 6.09 Å². The summed E-state index contributed by atoms with van der Waals surface area (Å²) in [7, 11) is 0. The number of nitrogens with two attached hydrogens (primary N) is 1. The second-order valence-corrected chi connectivity index (χ2v) is 5.99. The van der Waals surface area contributed by atoms with E-state index in [0.29, 0.717) is 12.0 Å².